The first-order valence-electron chi connectivity index (χ1n) is 9.70. The summed E-state index contributed by atoms with van der Waals surface area (Å²) in [4.78, 5) is 14.0. The molecule has 2 aromatic carbocycles. The molecule has 11 heteroatoms. The Hall–Kier alpha value is -2.83. The molecule has 4 rings (SSSR count). The first kappa shape index (κ1) is 22.4. The van der Waals surface area contributed by atoms with Gasteiger partial charge in [0.25, 0.3) is 15.9 Å². The molecule has 170 valence electrons. The summed E-state index contributed by atoms with van der Waals surface area (Å²) in [5, 5.41) is 9.90. The van der Waals surface area contributed by atoms with Crippen molar-refractivity contribution >= 4 is 15.9 Å². The SMILES string of the molecule is Cc1ccc(F)cc1COc1ccc(S(=O)(=O)NN(O)C(=O)C2=CC3OCOC3C2)cc1. The summed E-state index contributed by atoms with van der Waals surface area (Å²) in [5.74, 6) is -0.922. The smallest absolute Gasteiger partial charge is 0.289 e. The zero-order valence-electron chi connectivity index (χ0n) is 17.0. The molecule has 1 saturated heterocycles. The average Bonchev–Trinajstić information content (AvgIpc) is 3.36. The van der Waals surface area contributed by atoms with Crippen molar-refractivity contribution in [2.45, 2.75) is 37.1 Å². The Bertz CT molecular complexity index is 1150. The molecule has 0 radical (unpaired) electrons. The van der Waals surface area contributed by atoms with Gasteiger partial charge >= 0.3 is 0 Å². The lowest BCUT2D eigenvalue weighted by atomic mass is 10.1. The van der Waals surface area contributed by atoms with E-state index in [0.29, 0.717) is 11.3 Å². The number of halogens is 1. The number of carbonyl (C=O) groups is 1. The number of nitrogens with one attached hydrogen (secondary N) is 1. The van der Waals surface area contributed by atoms with Crippen molar-refractivity contribution in [1.29, 1.82) is 0 Å². The summed E-state index contributed by atoms with van der Waals surface area (Å²) in [6.07, 6.45) is 1.01. The van der Waals surface area contributed by atoms with Crippen LogP contribution in [0, 0.1) is 12.7 Å². The monoisotopic (exact) mass is 464 g/mol. The van der Waals surface area contributed by atoms with Crippen LogP contribution in [0.3, 0.4) is 0 Å². The Balaban J connectivity index is 1.37. The van der Waals surface area contributed by atoms with Crippen LogP contribution in [0.1, 0.15) is 17.5 Å². The Morgan fingerprint density at radius 2 is 2.00 bits per heavy atom. The third kappa shape index (κ3) is 4.81. The van der Waals surface area contributed by atoms with Gasteiger partial charge in [-0.3, -0.25) is 10.0 Å². The molecule has 2 unspecified atom stereocenters. The molecule has 1 amide bonds. The summed E-state index contributed by atoms with van der Waals surface area (Å²) in [6.45, 7) is 2.07. The van der Waals surface area contributed by atoms with Crippen LogP contribution >= 0.6 is 0 Å². The molecule has 1 heterocycles. The Labute approximate surface area is 184 Å². The van der Waals surface area contributed by atoms with E-state index in [-0.39, 0.29) is 53.5 Å². The molecular weight excluding hydrogens is 443 g/mol. The molecule has 1 aliphatic carbocycles. The molecule has 0 saturated carbocycles. The van der Waals surface area contributed by atoms with Crippen molar-refractivity contribution in [3.05, 3.63) is 71.1 Å². The third-order valence-electron chi connectivity index (χ3n) is 5.21. The highest BCUT2D eigenvalue weighted by atomic mass is 32.2. The average molecular weight is 464 g/mol. The number of benzene rings is 2. The number of nitrogens with zero attached hydrogens (tertiary/aromatic N) is 1. The fraction of sp³-hybridized carbons (Fsp3) is 0.286. The molecule has 1 fully saturated rings. The van der Waals surface area contributed by atoms with Gasteiger partial charge in [0.05, 0.1) is 11.0 Å². The number of rotatable bonds is 7. The molecular formula is C21H21FN2O7S. The summed E-state index contributed by atoms with van der Waals surface area (Å²) in [6, 6.07) is 9.73. The van der Waals surface area contributed by atoms with Gasteiger partial charge in [0.1, 0.15) is 31.1 Å². The van der Waals surface area contributed by atoms with Crippen LogP contribution in [0.15, 0.2) is 59.0 Å². The van der Waals surface area contributed by atoms with E-state index in [2.05, 4.69) is 0 Å². The number of fused-ring (bicyclic) bond motifs is 1. The normalized spacial score (nSPS) is 20.0. The van der Waals surface area contributed by atoms with Gasteiger partial charge in [0, 0.05) is 12.0 Å². The molecule has 2 atom stereocenters. The van der Waals surface area contributed by atoms with E-state index in [9.17, 15) is 22.8 Å². The topological polar surface area (TPSA) is 114 Å². The highest BCUT2D eigenvalue weighted by Gasteiger charge is 2.38. The molecule has 1 aliphatic heterocycles. The van der Waals surface area contributed by atoms with Crippen LogP contribution in [0.2, 0.25) is 0 Å². The van der Waals surface area contributed by atoms with Crippen LogP contribution < -0.4 is 9.57 Å². The number of sulfonamides is 1. The van der Waals surface area contributed by atoms with E-state index in [1.165, 1.54) is 42.5 Å². The summed E-state index contributed by atoms with van der Waals surface area (Å²) >= 11 is 0. The predicted octanol–water partition coefficient (Wildman–Crippen LogP) is 2.20. The second-order valence-electron chi connectivity index (χ2n) is 7.39. The quantitative estimate of drug-likeness (QED) is 0.477. The maximum atomic E-state index is 13.4. The van der Waals surface area contributed by atoms with Gasteiger partial charge in [-0.2, -0.15) is 0 Å². The zero-order valence-corrected chi connectivity index (χ0v) is 17.8. The van der Waals surface area contributed by atoms with Gasteiger partial charge in [0.2, 0.25) is 0 Å². The van der Waals surface area contributed by atoms with Crippen molar-refractivity contribution < 1.29 is 37.0 Å². The predicted molar refractivity (Wildman–Crippen MR) is 108 cm³/mol. The molecule has 2 N–H and O–H groups in total. The summed E-state index contributed by atoms with van der Waals surface area (Å²) < 4.78 is 54.5. The Kier molecular flexibility index (Phi) is 6.26. The van der Waals surface area contributed by atoms with Crippen LogP contribution in [0.5, 0.6) is 5.75 Å². The molecule has 0 bridgehead atoms. The lowest BCUT2D eigenvalue weighted by Gasteiger charge is -2.17. The van der Waals surface area contributed by atoms with Crippen LogP contribution in [0.25, 0.3) is 0 Å². The number of carbonyl (C=O) groups excluding carboxylic acids is 1. The Morgan fingerprint density at radius 3 is 2.72 bits per heavy atom. The largest absolute Gasteiger partial charge is 0.489 e. The van der Waals surface area contributed by atoms with Crippen LogP contribution in [-0.4, -0.2) is 43.7 Å². The van der Waals surface area contributed by atoms with Crippen LogP contribution in [-0.2, 0) is 30.9 Å². The molecule has 0 spiro atoms. The van der Waals surface area contributed by atoms with Crippen molar-refractivity contribution in [3.63, 3.8) is 0 Å². The van der Waals surface area contributed by atoms with E-state index in [0.717, 1.165) is 5.56 Å². The number of ether oxygens (including phenoxy) is 3. The fourth-order valence-corrected chi connectivity index (χ4v) is 4.31. The maximum absolute atomic E-state index is 13.4. The standard InChI is InChI=1S/C21H21FN2O7S/c1-13-2-3-16(22)8-15(13)11-29-17-4-6-18(7-5-17)32(27,28)23-24(26)21(25)14-9-19-20(10-14)31-12-30-19/h2-9,19-20,23,26H,10-12H2,1H3. The highest BCUT2D eigenvalue weighted by Crippen LogP contribution is 2.29. The third-order valence-corrected chi connectivity index (χ3v) is 6.51. The lowest BCUT2D eigenvalue weighted by molar-refractivity contribution is -0.167. The van der Waals surface area contributed by atoms with Gasteiger partial charge in [-0.25, -0.2) is 12.8 Å². The second-order valence-corrected chi connectivity index (χ2v) is 9.05. The van der Waals surface area contributed by atoms with Gasteiger partial charge in [-0.15, -0.1) is 5.17 Å². The first-order chi connectivity index (χ1) is 15.2. The fourth-order valence-electron chi connectivity index (χ4n) is 3.40. The minimum atomic E-state index is -4.24. The van der Waals surface area contributed by atoms with E-state index >= 15 is 0 Å². The number of amides is 1. The first-order valence-corrected chi connectivity index (χ1v) is 11.2. The summed E-state index contributed by atoms with van der Waals surface area (Å²) in [5.41, 5.74) is 1.71. The Morgan fingerprint density at radius 1 is 1.25 bits per heavy atom. The van der Waals surface area contributed by atoms with E-state index in [1.54, 1.807) is 6.07 Å². The number of hydrogen-bond donors (Lipinski definition) is 2. The van der Waals surface area contributed by atoms with E-state index in [1.807, 2.05) is 11.8 Å². The number of hydrazine groups is 1. The maximum Gasteiger partial charge on any atom is 0.289 e. The van der Waals surface area contributed by atoms with Gasteiger partial charge < -0.3 is 14.2 Å². The lowest BCUT2D eigenvalue weighted by Crippen LogP contribution is -2.44. The van der Waals surface area contributed by atoms with Crippen molar-refractivity contribution in [2.24, 2.45) is 0 Å². The minimum absolute atomic E-state index is 0.0701. The molecule has 9 nitrogen and oxygen atoms in total. The van der Waals surface area contributed by atoms with Crippen molar-refractivity contribution in [3.8, 4) is 5.75 Å². The van der Waals surface area contributed by atoms with E-state index < -0.39 is 15.9 Å². The van der Waals surface area contributed by atoms with E-state index in [4.69, 9.17) is 14.2 Å². The van der Waals surface area contributed by atoms with Gasteiger partial charge in [0.15, 0.2) is 0 Å². The molecule has 2 aliphatic rings. The van der Waals surface area contributed by atoms with Crippen molar-refractivity contribution in [2.75, 3.05) is 6.79 Å². The van der Waals surface area contributed by atoms with Gasteiger partial charge in [-0.1, -0.05) is 10.9 Å². The minimum Gasteiger partial charge on any atom is -0.489 e. The zero-order chi connectivity index (χ0) is 22.9. The number of aryl methyl sites for hydroxylation is 1. The van der Waals surface area contributed by atoms with Crippen molar-refractivity contribution in [1.82, 2.24) is 10.0 Å². The summed E-state index contributed by atoms with van der Waals surface area (Å²) in [7, 11) is -4.24. The van der Waals surface area contributed by atoms with Gasteiger partial charge in [-0.05, 0) is 60.5 Å². The molecule has 32 heavy (non-hydrogen) atoms. The number of hydroxylamine groups is 1. The molecule has 0 aromatic heterocycles. The second kappa shape index (κ2) is 8.96. The van der Waals surface area contributed by atoms with Crippen LogP contribution in [0.4, 0.5) is 4.39 Å². The molecule has 2 aromatic rings. The highest BCUT2D eigenvalue weighted by molar-refractivity contribution is 7.89. The number of hydrogen-bond acceptors (Lipinski definition) is 7.